The first-order chi connectivity index (χ1) is 9.50. The first-order valence-corrected chi connectivity index (χ1v) is 5.19. The summed E-state index contributed by atoms with van der Waals surface area (Å²) in [5, 5.41) is 26.4. The Hall–Kier alpha value is -2.07. The zero-order valence-electron chi connectivity index (χ0n) is 10.9. The molecule has 0 unspecified atom stereocenters. The number of rotatable bonds is 1. The van der Waals surface area contributed by atoms with E-state index in [9.17, 15) is 26.3 Å². The molecule has 108 valence electrons. The smallest absolute Gasteiger partial charge is 0.246 e. The summed E-state index contributed by atoms with van der Waals surface area (Å²) in [7, 11) is 0. The van der Waals surface area contributed by atoms with E-state index in [4.69, 9.17) is 15.8 Å². The van der Waals surface area contributed by atoms with Gasteiger partial charge in [0, 0.05) is 0 Å². The minimum absolute atomic E-state index is 0. The van der Waals surface area contributed by atoms with Gasteiger partial charge in [-0.15, -0.1) is 17.9 Å². The molecule has 11 heteroatoms. The number of hydrogen-bond acceptors (Lipinski definition) is 3. The van der Waals surface area contributed by atoms with E-state index in [0.29, 0.717) is 0 Å². The van der Waals surface area contributed by atoms with Gasteiger partial charge in [-0.2, -0.15) is 31.8 Å². The van der Waals surface area contributed by atoms with Gasteiger partial charge in [-0.1, -0.05) is 12.1 Å². The van der Waals surface area contributed by atoms with E-state index < -0.39 is 35.1 Å². The number of hydrogen-bond donors (Lipinski definition) is 0. The summed E-state index contributed by atoms with van der Waals surface area (Å²) in [4.78, 5) is 0. The SMILES string of the molecule is N#C[B-](C#N)(C#N)c1cc(C(F)(F)F)cc(C(F)(F)F)c1.[Li+]. The van der Waals surface area contributed by atoms with Gasteiger partial charge >= 0.3 is 37.4 Å². The van der Waals surface area contributed by atoms with Gasteiger partial charge in [-0.05, 0) is 6.07 Å². The Kier molecular flexibility index (Phi) is 5.76. The summed E-state index contributed by atoms with van der Waals surface area (Å²) >= 11 is 0. The maximum absolute atomic E-state index is 12.6. The van der Waals surface area contributed by atoms with Crippen molar-refractivity contribution in [2.45, 2.75) is 12.4 Å². The Morgan fingerprint density at radius 1 is 0.727 bits per heavy atom. The summed E-state index contributed by atoms with van der Waals surface area (Å²) in [5.41, 5.74) is -4.27. The third kappa shape index (κ3) is 3.77. The van der Waals surface area contributed by atoms with Gasteiger partial charge in [0.05, 0.1) is 11.1 Å². The minimum atomic E-state index is -5.11. The van der Waals surface area contributed by atoms with Crippen molar-refractivity contribution in [3.63, 3.8) is 0 Å². The van der Waals surface area contributed by atoms with Gasteiger partial charge in [0.25, 0.3) is 0 Å². The Morgan fingerprint density at radius 2 is 1.05 bits per heavy atom. The summed E-state index contributed by atoms with van der Waals surface area (Å²) in [6.45, 7) is 0. The molecule has 0 heterocycles. The van der Waals surface area contributed by atoms with Crippen LogP contribution < -0.4 is 24.3 Å². The average molecular weight is 309 g/mol. The largest absolute Gasteiger partial charge is 1.00 e. The van der Waals surface area contributed by atoms with E-state index in [1.54, 1.807) is 0 Å². The molecule has 1 rings (SSSR count). The number of nitriles is 3. The molecule has 22 heavy (non-hydrogen) atoms. The number of halogens is 6. The molecule has 0 N–H and O–H groups in total. The van der Waals surface area contributed by atoms with Gasteiger partial charge in [0.15, 0.2) is 0 Å². The van der Waals surface area contributed by atoms with Crippen LogP contribution in [-0.4, -0.2) is 6.15 Å². The van der Waals surface area contributed by atoms with Crippen molar-refractivity contribution in [2.75, 3.05) is 0 Å². The maximum atomic E-state index is 12.6. The van der Waals surface area contributed by atoms with Crippen LogP contribution in [0.4, 0.5) is 26.3 Å². The predicted molar refractivity (Wildman–Crippen MR) is 58.7 cm³/mol. The second kappa shape index (κ2) is 6.36. The van der Waals surface area contributed by atoms with E-state index in [0.717, 1.165) is 0 Å². The summed E-state index contributed by atoms with van der Waals surface area (Å²) < 4.78 is 75.8. The van der Waals surface area contributed by atoms with Crippen molar-refractivity contribution < 1.29 is 45.2 Å². The van der Waals surface area contributed by atoms with Gasteiger partial charge in [0.1, 0.15) is 0 Å². The van der Waals surface area contributed by atoms with Crippen molar-refractivity contribution in [1.29, 1.82) is 15.8 Å². The Morgan fingerprint density at radius 3 is 1.27 bits per heavy atom. The van der Waals surface area contributed by atoms with Crippen LogP contribution in [0.2, 0.25) is 0 Å². The van der Waals surface area contributed by atoms with Gasteiger partial charge in [0.2, 0.25) is 0 Å². The molecular formula is C11H3BF6LiN3. The van der Waals surface area contributed by atoms with Crippen molar-refractivity contribution in [2.24, 2.45) is 0 Å². The molecule has 0 saturated heterocycles. The van der Waals surface area contributed by atoms with E-state index in [-0.39, 0.29) is 37.1 Å². The van der Waals surface area contributed by atoms with Crippen molar-refractivity contribution in [3.8, 4) is 17.9 Å². The molecular weight excluding hydrogens is 306 g/mol. The number of benzene rings is 1. The second-order valence-corrected chi connectivity index (χ2v) is 4.09. The Balaban J connectivity index is 0.00000441. The van der Waals surface area contributed by atoms with Crippen LogP contribution in [0.1, 0.15) is 11.1 Å². The molecule has 0 aliphatic heterocycles. The van der Waals surface area contributed by atoms with Crippen molar-refractivity contribution in [1.82, 2.24) is 0 Å². The normalized spacial score (nSPS) is 11.6. The van der Waals surface area contributed by atoms with E-state index in [2.05, 4.69) is 0 Å². The molecule has 0 aromatic heterocycles. The van der Waals surface area contributed by atoms with Crippen molar-refractivity contribution in [3.05, 3.63) is 29.3 Å². The predicted octanol–water partition coefficient (Wildman–Crippen LogP) is -0.428. The van der Waals surface area contributed by atoms with E-state index in [1.807, 2.05) is 0 Å². The van der Waals surface area contributed by atoms with Crippen LogP contribution >= 0.6 is 0 Å². The second-order valence-electron chi connectivity index (χ2n) is 4.09. The first-order valence-electron chi connectivity index (χ1n) is 5.19. The van der Waals surface area contributed by atoms with E-state index in [1.165, 1.54) is 17.9 Å². The quantitative estimate of drug-likeness (QED) is 0.522. The van der Waals surface area contributed by atoms with Gasteiger partial charge < -0.3 is 0 Å². The summed E-state index contributed by atoms with van der Waals surface area (Å²) in [6, 6.07) is 0.284. The van der Waals surface area contributed by atoms with Crippen LogP contribution in [0, 0.1) is 33.7 Å². The van der Waals surface area contributed by atoms with Gasteiger partial charge in [-0.3, -0.25) is 0 Å². The summed E-state index contributed by atoms with van der Waals surface area (Å²) in [6.07, 6.45) is -13.7. The molecule has 0 bridgehead atoms. The zero-order valence-corrected chi connectivity index (χ0v) is 10.9. The fourth-order valence-corrected chi connectivity index (χ4v) is 1.54. The van der Waals surface area contributed by atoms with Crippen LogP contribution in [-0.2, 0) is 12.4 Å². The van der Waals surface area contributed by atoms with Crippen LogP contribution in [0.15, 0.2) is 18.2 Å². The molecule has 1 aromatic carbocycles. The molecule has 0 fully saturated rings. The zero-order chi connectivity index (χ0) is 16.5. The van der Waals surface area contributed by atoms with E-state index >= 15 is 0 Å². The molecule has 0 atom stereocenters. The third-order valence-corrected chi connectivity index (χ3v) is 2.69. The van der Waals surface area contributed by atoms with Crippen LogP contribution in [0.3, 0.4) is 0 Å². The number of nitrogens with zero attached hydrogens (tertiary/aromatic N) is 3. The van der Waals surface area contributed by atoms with Crippen molar-refractivity contribution >= 4 is 11.6 Å². The molecule has 1 aromatic rings. The van der Waals surface area contributed by atoms with Crippen LogP contribution in [0.25, 0.3) is 0 Å². The molecule has 0 spiro atoms. The topological polar surface area (TPSA) is 71.4 Å². The third-order valence-electron chi connectivity index (χ3n) is 2.69. The van der Waals surface area contributed by atoms with Crippen LogP contribution in [0.5, 0.6) is 0 Å². The molecule has 0 aliphatic rings. The number of alkyl halides is 6. The minimum Gasteiger partial charge on any atom is -0.246 e. The molecule has 0 radical (unpaired) electrons. The molecule has 0 amide bonds. The maximum Gasteiger partial charge on any atom is 1.00 e. The fourth-order valence-electron chi connectivity index (χ4n) is 1.54. The Labute approximate surface area is 132 Å². The monoisotopic (exact) mass is 309 g/mol. The fraction of sp³-hybridized carbons (Fsp3) is 0.182. The standard InChI is InChI=1S/C11H3BF6N3.Li/c13-10(14,15)7-1-8(11(16,17)18)3-9(2-7)12(4-19,5-20)6-21;/h1-3H;/q-1;+1. The molecule has 3 nitrogen and oxygen atoms in total. The molecule has 0 saturated carbocycles. The summed E-state index contributed by atoms with van der Waals surface area (Å²) in [5.74, 6) is 3.58. The van der Waals surface area contributed by atoms with Gasteiger partial charge in [-0.25, -0.2) is 15.8 Å². The first kappa shape index (κ1) is 19.9. The Bertz CT molecular complexity index is 624. The average Bonchev–Trinajstić information content (AvgIpc) is 2.39. The molecule has 0 aliphatic carbocycles.